The van der Waals surface area contributed by atoms with E-state index in [4.69, 9.17) is 0 Å². The van der Waals surface area contributed by atoms with E-state index in [1.807, 2.05) is 0 Å². The van der Waals surface area contributed by atoms with Crippen LogP contribution in [0.25, 0.3) is 0 Å². The Balaban J connectivity index is 2.29. The van der Waals surface area contributed by atoms with Crippen LogP contribution in [0.2, 0.25) is 0 Å². The molecule has 0 saturated carbocycles. The largest absolute Gasteiger partial charge is 0.278 e. The van der Waals surface area contributed by atoms with E-state index in [0.29, 0.717) is 5.56 Å². The van der Waals surface area contributed by atoms with Gasteiger partial charge in [0.2, 0.25) is 0 Å². The molecule has 0 bridgehead atoms. The molecule has 0 aliphatic rings. The van der Waals surface area contributed by atoms with E-state index < -0.39 is 4.92 Å². The third-order valence-electron chi connectivity index (χ3n) is 2.04. The molecule has 16 heavy (non-hydrogen) atoms. The second-order valence-corrected chi connectivity index (χ2v) is 3.06. The molecule has 0 atom stereocenters. The summed E-state index contributed by atoms with van der Waals surface area (Å²) in [6, 6.07) is 7.01. The van der Waals surface area contributed by atoms with Gasteiger partial charge in [0, 0.05) is 30.1 Å². The number of carbonyl (C=O) groups is 1. The van der Waals surface area contributed by atoms with Crippen LogP contribution < -0.4 is 0 Å². The van der Waals surface area contributed by atoms with E-state index in [-0.39, 0.29) is 11.6 Å². The van der Waals surface area contributed by atoms with Crippen molar-refractivity contribution in [2.75, 3.05) is 0 Å². The van der Waals surface area contributed by atoms with Crippen LogP contribution in [0.4, 0.5) is 5.69 Å². The molecule has 0 N–H and O–H groups in total. The molecule has 0 aliphatic heterocycles. The number of carbonyl (C=O) groups excluding carboxylic acids is 1. The highest BCUT2D eigenvalue weighted by molar-refractivity contribution is 5.95. The van der Waals surface area contributed by atoms with E-state index in [0.717, 1.165) is 0 Å². The van der Waals surface area contributed by atoms with Crippen LogP contribution >= 0.6 is 0 Å². The third kappa shape index (κ3) is 1.81. The van der Waals surface area contributed by atoms with Crippen molar-refractivity contribution in [3.63, 3.8) is 0 Å². The molecule has 0 saturated heterocycles. The molecule has 2 aromatic rings. The van der Waals surface area contributed by atoms with Crippen molar-refractivity contribution in [3.05, 3.63) is 58.4 Å². The Labute approximate surface area is 90.3 Å². The summed E-state index contributed by atoms with van der Waals surface area (Å²) in [4.78, 5) is 21.6. The summed E-state index contributed by atoms with van der Waals surface area (Å²) in [6.07, 6.45) is 3.01. The molecule has 1 heterocycles. The monoisotopic (exact) mass is 217 g/mol. The Morgan fingerprint density at radius 1 is 1.31 bits per heavy atom. The summed E-state index contributed by atoms with van der Waals surface area (Å²) < 4.78 is 1.17. The van der Waals surface area contributed by atoms with Gasteiger partial charge in [-0.05, 0) is 18.2 Å². The lowest BCUT2D eigenvalue weighted by atomic mass is 10.2. The van der Waals surface area contributed by atoms with E-state index in [2.05, 4.69) is 5.10 Å². The van der Waals surface area contributed by atoms with Gasteiger partial charge in [-0.15, -0.1) is 0 Å². The summed E-state index contributed by atoms with van der Waals surface area (Å²) in [6.45, 7) is 0. The van der Waals surface area contributed by atoms with Crippen LogP contribution in [0.15, 0.2) is 42.7 Å². The Morgan fingerprint density at radius 3 is 2.50 bits per heavy atom. The number of rotatable bonds is 2. The van der Waals surface area contributed by atoms with Gasteiger partial charge in [0.25, 0.3) is 11.6 Å². The standard InChI is InChI=1S/C10H7N3O3/c14-10(12-7-1-6-11-12)8-2-4-9(5-3-8)13(15)16/h1-7H. The van der Waals surface area contributed by atoms with Gasteiger partial charge >= 0.3 is 0 Å². The Morgan fingerprint density at radius 2 is 2.00 bits per heavy atom. The highest BCUT2D eigenvalue weighted by atomic mass is 16.6. The van der Waals surface area contributed by atoms with Crippen molar-refractivity contribution < 1.29 is 9.72 Å². The van der Waals surface area contributed by atoms with Crippen molar-refractivity contribution in [1.29, 1.82) is 0 Å². The van der Waals surface area contributed by atoms with E-state index in [1.165, 1.54) is 41.3 Å². The number of nitro benzene ring substituents is 1. The van der Waals surface area contributed by atoms with Crippen LogP contribution in [-0.4, -0.2) is 20.6 Å². The SMILES string of the molecule is O=C(c1ccc([N+](=O)[O-])cc1)n1cccn1. The number of benzene rings is 1. The van der Waals surface area contributed by atoms with Gasteiger partial charge in [0.1, 0.15) is 0 Å². The van der Waals surface area contributed by atoms with Crippen LogP contribution in [0.1, 0.15) is 10.4 Å². The Bertz CT molecular complexity index is 517. The summed E-state index contributed by atoms with van der Waals surface area (Å²) in [5.74, 6) is -0.320. The maximum absolute atomic E-state index is 11.7. The molecule has 6 heteroatoms. The van der Waals surface area contributed by atoms with Gasteiger partial charge in [-0.25, -0.2) is 4.68 Å². The zero-order valence-electron chi connectivity index (χ0n) is 8.11. The summed E-state index contributed by atoms with van der Waals surface area (Å²) in [5.41, 5.74) is 0.311. The Kier molecular flexibility index (Phi) is 2.47. The molecule has 0 unspecified atom stereocenters. The predicted molar refractivity (Wildman–Crippen MR) is 55.1 cm³/mol. The molecule has 1 aromatic carbocycles. The molecule has 0 amide bonds. The number of nitro groups is 1. The van der Waals surface area contributed by atoms with Crippen LogP contribution in [0, 0.1) is 10.1 Å². The minimum atomic E-state index is -0.512. The average Bonchev–Trinajstić information content (AvgIpc) is 2.81. The van der Waals surface area contributed by atoms with Gasteiger partial charge in [0.15, 0.2) is 0 Å². The second-order valence-electron chi connectivity index (χ2n) is 3.06. The van der Waals surface area contributed by atoms with Crippen molar-refractivity contribution in [2.45, 2.75) is 0 Å². The molecule has 0 aliphatic carbocycles. The molecular formula is C10H7N3O3. The number of hydrogen-bond donors (Lipinski definition) is 0. The van der Waals surface area contributed by atoms with Crippen LogP contribution in [-0.2, 0) is 0 Å². The van der Waals surface area contributed by atoms with Gasteiger partial charge in [-0.1, -0.05) is 0 Å². The van der Waals surface area contributed by atoms with Crippen molar-refractivity contribution >= 4 is 11.6 Å². The first-order valence-electron chi connectivity index (χ1n) is 4.47. The second kappa shape index (κ2) is 3.93. The van der Waals surface area contributed by atoms with Crippen LogP contribution in [0.3, 0.4) is 0 Å². The first-order valence-corrected chi connectivity index (χ1v) is 4.47. The topological polar surface area (TPSA) is 78.0 Å². The fraction of sp³-hybridized carbons (Fsp3) is 0. The molecule has 80 valence electrons. The fourth-order valence-electron chi connectivity index (χ4n) is 1.25. The van der Waals surface area contributed by atoms with Crippen LogP contribution in [0.5, 0.6) is 0 Å². The summed E-state index contributed by atoms with van der Waals surface area (Å²) in [5, 5.41) is 14.2. The fourth-order valence-corrected chi connectivity index (χ4v) is 1.25. The molecule has 1 aromatic heterocycles. The number of nitrogens with zero attached hydrogens (tertiary/aromatic N) is 3. The first kappa shape index (κ1) is 10.0. The zero-order valence-corrected chi connectivity index (χ0v) is 8.11. The van der Waals surface area contributed by atoms with Crippen molar-refractivity contribution in [2.24, 2.45) is 0 Å². The van der Waals surface area contributed by atoms with Gasteiger partial charge in [-0.2, -0.15) is 5.10 Å². The predicted octanol–water partition coefficient (Wildman–Crippen LogP) is 1.48. The normalized spacial score (nSPS) is 10.0. The lowest BCUT2D eigenvalue weighted by Crippen LogP contribution is -2.12. The molecule has 0 spiro atoms. The maximum Gasteiger partial charge on any atom is 0.278 e. The zero-order chi connectivity index (χ0) is 11.5. The lowest BCUT2D eigenvalue weighted by molar-refractivity contribution is -0.384. The minimum absolute atomic E-state index is 0.0444. The van der Waals surface area contributed by atoms with Gasteiger partial charge < -0.3 is 0 Å². The molecular weight excluding hydrogens is 210 g/mol. The van der Waals surface area contributed by atoms with E-state index in [9.17, 15) is 14.9 Å². The lowest BCUT2D eigenvalue weighted by Gasteiger charge is -1.99. The molecule has 6 nitrogen and oxygen atoms in total. The number of aromatic nitrogens is 2. The first-order chi connectivity index (χ1) is 7.68. The van der Waals surface area contributed by atoms with Crippen molar-refractivity contribution in [1.82, 2.24) is 9.78 Å². The quantitative estimate of drug-likeness (QED) is 0.563. The summed E-state index contributed by atoms with van der Waals surface area (Å²) >= 11 is 0. The highest BCUT2D eigenvalue weighted by Crippen LogP contribution is 2.12. The highest BCUT2D eigenvalue weighted by Gasteiger charge is 2.10. The van der Waals surface area contributed by atoms with E-state index in [1.54, 1.807) is 6.07 Å². The summed E-state index contributed by atoms with van der Waals surface area (Å²) in [7, 11) is 0. The smallest absolute Gasteiger partial charge is 0.267 e. The minimum Gasteiger partial charge on any atom is -0.267 e. The number of hydrogen-bond acceptors (Lipinski definition) is 4. The third-order valence-corrected chi connectivity index (χ3v) is 2.04. The molecule has 0 radical (unpaired) electrons. The molecule has 0 fully saturated rings. The van der Waals surface area contributed by atoms with E-state index >= 15 is 0 Å². The number of non-ortho nitro benzene ring substituents is 1. The molecule has 2 rings (SSSR count). The van der Waals surface area contributed by atoms with Gasteiger partial charge in [0.05, 0.1) is 4.92 Å². The Hall–Kier alpha value is -2.50. The van der Waals surface area contributed by atoms with Crippen molar-refractivity contribution in [3.8, 4) is 0 Å². The van der Waals surface area contributed by atoms with Gasteiger partial charge in [-0.3, -0.25) is 14.9 Å². The maximum atomic E-state index is 11.7. The average molecular weight is 217 g/mol.